The van der Waals surface area contributed by atoms with Gasteiger partial charge < -0.3 is 42.0 Å². The lowest BCUT2D eigenvalue weighted by Crippen LogP contribution is -2.54. The van der Waals surface area contributed by atoms with Gasteiger partial charge in [0.2, 0.25) is 17.7 Å². The molecule has 2 aromatic carbocycles. The summed E-state index contributed by atoms with van der Waals surface area (Å²) in [6.45, 7) is -0.594. The number of carbonyl (C=O) groups is 5. The molecule has 0 aliphatic carbocycles. The zero-order valence-electron chi connectivity index (χ0n) is 20.7. The van der Waals surface area contributed by atoms with Crippen molar-refractivity contribution in [2.24, 2.45) is 5.73 Å². The highest BCUT2D eigenvalue weighted by atomic mass is 16.4. The van der Waals surface area contributed by atoms with Crippen LogP contribution in [0, 0.1) is 0 Å². The molecule has 39 heavy (non-hydrogen) atoms. The molecule has 0 bridgehead atoms. The van der Waals surface area contributed by atoms with Crippen molar-refractivity contribution in [2.45, 2.75) is 37.4 Å². The fourth-order valence-corrected chi connectivity index (χ4v) is 3.90. The third kappa shape index (κ3) is 8.30. The summed E-state index contributed by atoms with van der Waals surface area (Å²) < 4.78 is 0. The number of aliphatic carboxylic acids is 2. The van der Waals surface area contributed by atoms with E-state index < -0.39 is 60.8 Å². The number of carboxylic acid groups (broad SMARTS) is 2. The van der Waals surface area contributed by atoms with Gasteiger partial charge in [0.1, 0.15) is 17.8 Å². The van der Waals surface area contributed by atoms with E-state index in [1.54, 1.807) is 30.5 Å². The summed E-state index contributed by atoms with van der Waals surface area (Å²) in [6, 6.07) is 9.25. The van der Waals surface area contributed by atoms with Crippen molar-refractivity contribution >= 4 is 40.6 Å². The van der Waals surface area contributed by atoms with Crippen LogP contribution in [-0.4, -0.2) is 74.6 Å². The van der Waals surface area contributed by atoms with Crippen LogP contribution in [0.15, 0.2) is 54.7 Å². The molecule has 13 heteroatoms. The molecule has 1 aromatic heterocycles. The van der Waals surface area contributed by atoms with Gasteiger partial charge in [0.05, 0.1) is 19.0 Å². The summed E-state index contributed by atoms with van der Waals surface area (Å²) in [6.07, 6.45) is 0.849. The van der Waals surface area contributed by atoms with E-state index in [0.29, 0.717) is 11.1 Å². The average Bonchev–Trinajstić information content (AvgIpc) is 3.30. The summed E-state index contributed by atoms with van der Waals surface area (Å²) in [7, 11) is 0. The number of aromatic amines is 1. The van der Waals surface area contributed by atoms with Crippen molar-refractivity contribution < 1.29 is 39.3 Å². The lowest BCUT2D eigenvalue weighted by atomic mass is 10.0. The summed E-state index contributed by atoms with van der Waals surface area (Å²) in [5, 5.41) is 35.8. The van der Waals surface area contributed by atoms with E-state index >= 15 is 0 Å². The van der Waals surface area contributed by atoms with Gasteiger partial charge in [-0.1, -0.05) is 30.3 Å². The molecule has 0 aliphatic rings. The minimum atomic E-state index is -1.60. The fourth-order valence-electron chi connectivity index (χ4n) is 3.90. The van der Waals surface area contributed by atoms with Crippen molar-refractivity contribution in [2.75, 3.05) is 6.54 Å². The van der Waals surface area contributed by atoms with Gasteiger partial charge in [0, 0.05) is 23.5 Å². The minimum absolute atomic E-state index is 0.0565. The SMILES string of the molecule is NC(Cc1ccc(O)cc1)C(=O)NCC(=O)NC(CC(=O)O)C(=O)NC(Cc1c[nH]c2ccccc12)C(=O)O. The van der Waals surface area contributed by atoms with E-state index in [1.807, 2.05) is 12.1 Å². The Morgan fingerprint density at radius 1 is 0.872 bits per heavy atom. The number of aromatic nitrogens is 1. The lowest BCUT2D eigenvalue weighted by Gasteiger charge is -2.21. The maximum Gasteiger partial charge on any atom is 0.326 e. The molecule has 9 N–H and O–H groups in total. The molecule has 3 unspecified atom stereocenters. The Kier molecular flexibility index (Phi) is 9.59. The topological polar surface area (TPSA) is 224 Å². The average molecular weight is 540 g/mol. The Bertz CT molecular complexity index is 1350. The van der Waals surface area contributed by atoms with Crippen molar-refractivity contribution in [1.29, 1.82) is 0 Å². The van der Waals surface area contributed by atoms with Crippen LogP contribution in [-0.2, 0) is 36.8 Å². The van der Waals surface area contributed by atoms with Gasteiger partial charge in [-0.05, 0) is 35.7 Å². The first-order valence-corrected chi connectivity index (χ1v) is 11.9. The van der Waals surface area contributed by atoms with Crippen LogP contribution in [0.25, 0.3) is 10.9 Å². The molecule has 3 amide bonds. The van der Waals surface area contributed by atoms with Crippen molar-refractivity contribution in [3.05, 3.63) is 65.9 Å². The zero-order valence-corrected chi connectivity index (χ0v) is 20.7. The van der Waals surface area contributed by atoms with Crippen LogP contribution >= 0.6 is 0 Å². The van der Waals surface area contributed by atoms with E-state index in [1.165, 1.54) is 12.1 Å². The Labute approximate surface area is 222 Å². The molecule has 206 valence electrons. The van der Waals surface area contributed by atoms with Gasteiger partial charge in [0.15, 0.2) is 0 Å². The minimum Gasteiger partial charge on any atom is -0.508 e. The van der Waals surface area contributed by atoms with Crippen molar-refractivity contribution in [3.8, 4) is 5.75 Å². The standard InChI is InChI=1S/C26H29N5O8/c27-18(9-14-5-7-16(32)8-6-14)24(36)29-13-22(33)30-20(11-23(34)35)25(37)31-21(26(38)39)10-15-12-28-19-4-2-1-3-17(15)19/h1-8,12,18,20-21,28,32H,9-11,13,27H2,(H,29,36)(H,30,33)(H,31,37)(H,34,35)(H,38,39). The number of nitrogens with two attached hydrogens (primary N) is 1. The summed E-state index contributed by atoms with van der Waals surface area (Å²) >= 11 is 0. The van der Waals surface area contributed by atoms with E-state index in [9.17, 15) is 39.3 Å². The van der Waals surface area contributed by atoms with Gasteiger partial charge in [-0.3, -0.25) is 19.2 Å². The summed E-state index contributed by atoms with van der Waals surface area (Å²) in [5.41, 5.74) is 7.95. The second kappa shape index (κ2) is 13.1. The molecule has 0 aliphatic heterocycles. The molecule has 13 nitrogen and oxygen atoms in total. The fraction of sp³-hybridized carbons (Fsp3) is 0.269. The number of benzene rings is 2. The van der Waals surface area contributed by atoms with Crippen LogP contribution in [0.3, 0.4) is 0 Å². The second-order valence-corrected chi connectivity index (χ2v) is 8.88. The van der Waals surface area contributed by atoms with Crippen LogP contribution < -0.4 is 21.7 Å². The number of hydrogen-bond acceptors (Lipinski definition) is 7. The first kappa shape index (κ1) is 28.7. The number of rotatable bonds is 13. The van der Waals surface area contributed by atoms with Crippen LogP contribution in [0.2, 0.25) is 0 Å². The van der Waals surface area contributed by atoms with Gasteiger partial charge >= 0.3 is 11.9 Å². The van der Waals surface area contributed by atoms with E-state index in [-0.39, 0.29) is 18.6 Å². The molecular weight excluding hydrogens is 510 g/mol. The number of carbonyl (C=O) groups excluding carboxylic acids is 3. The number of phenolic OH excluding ortho intramolecular Hbond substituents is 1. The maximum absolute atomic E-state index is 12.8. The van der Waals surface area contributed by atoms with Crippen molar-refractivity contribution in [3.63, 3.8) is 0 Å². The monoisotopic (exact) mass is 539 g/mol. The number of para-hydroxylation sites is 1. The van der Waals surface area contributed by atoms with E-state index in [0.717, 1.165) is 10.9 Å². The Hall–Kier alpha value is -4.91. The smallest absolute Gasteiger partial charge is 0.326 e. The van der Waals surface area contributed by atoms with Gasteiger partial charge in [0.25, 0.3) is 0 Å². The predicted molar refractivity (Wildman–Crippen MR) is 139 cm³/mol. The van der Waals surface area contributed by atoms with Crippen LogP contribution in [0.4, 0.5) is 0 Å². The number of H-pyrrole nitrogens is 1. The largest absolute Gasteiger partial charge is 0.508 e. The number of carboxylic acids is 2. The molecule has 0 spiro atoms. The maximum atomic E-state index is 12.8. The first-order valence-electron chi connectivity index (χ1n) is 11.9. The zero-order chi connectivity index (χ0) is 28.5. The van der Waals surface area contributed by atoms with Crippen LogP contribution in [0.5, 0.6) is 5.75 Å². The second-order valence-electron chi connectivity index (χ2n) is 8.88. The van der Waals surface area contributed by atoms with Gasteiger partial charge in [-0.25, -0.2) is 4.79 Å². The highest BCUT2D eigenvalue weighted by Gasteiger charge is 2.29. The number of hydrogen-bond donors (Lipinski definition) is 8. The van der Waals surface area contributed by atoms with Crippen molar-refractivity contribution in [1.82, 2.24) is 20.9 Å². The third-order valence-electron chi connectivity index (χ3n) is 5.90. The molecule has 3 rings (SSSR count). The number of fused-ring (bicyclic) bond motifs is 1. The number of nitrogens with one attached hydrogen (secondary N) is 4. The lowest BCUT2D eigenvalue weighted by molar-refractivity contribution is -0.143. The predicted octanol–water partition coefficient (Wildman–Crippen LogP) is -0.369. The van der Waals surface area contributed by atoms with Gasteiger partial charge in [-0.15, -0.1) is 0 Å². The molecule has 0 saturated carbocycles. The molecule has 0 radical (unpaired) electrons. The molecule has 0 saturated heterocycles. The molecule has 0 fully saturated rings. The van der Waals surface area contributed by atoms with Crippen LogP contribution in [0.1, 0.15) is 17.5 Å². The quantitative estimate of drug-likeness (QED) is 0.142. The van der Waals surface area contributed by atoms with E-state index in [4.69, 9.17) is 5.73 Å². The van der Waals surface area contributed by atoms with E-state index in [2.05, 4.69) is 20.9 Å². The molecular formula is C26H29N5O8. The number of phenols is 1. The number of aromatic hydroxyl groups is 1. The Morgan fingerprint density at radius 2 is 1.56 bits per heavy atom. The molecule has 1 heterocycles. The third-order valence-corrected chi connectivity index (χ3v) is 5.90. The normalized spacial score (nSPS) is 13.2. The summed E-state index contributed by atoms with van der Waals surface area (Å²) in [5.74, 6) is -5.23. The first-order chi connectivity index (χ1) is 18.5. The highest BCUT2D eigenvalue weighted by molar-refractivity contribution is 5.94. The molecule has 3 atom stereocenters. The summed E-state index contributed by atoms with van der Waals surface area (Å²) in [4.78, 5) is 63.7. The Morgan fingerprint density at radius 3 is 2.23 bits per heavy atom. The molecule has 3 aromatic rings. The Balaban J connectivity index is 1.57. The number of amides is 3. The van der Waals surface area contributed by atoms with Gasteiger partial charge in [-0.2, -0.15) is 0 Å². The highest BCUT2D eigenvalue weighted by Crippen LogP contribution is 2.19.